The number of amides is 1. The first-order valence-corrected chi connectivity index (χ1v) is 10.6. The summed E-state index contributed by atoms with van der Waals surface area (Å²) in [6.45, 7) is 1.07. The fourth-order valence-electron chi connectivity index (χ4n) is 2.71. The molecule has 3 rings (SSSR count). The first-order chi connectivity index (χ1) is 14.8. The Bertz CT molecular complexity index is 1210. The highest BCUT2D eigenvalue weighted by Crippen LogP contribution is 2.26. The number of carbonyl (C=O) groups excluding carboxylic acids is 1. The molecule has 6 nitrogen and oxygen atoms in total. The molecule has 0 bridgehead atoms. The smallest absolute Gasteiger partial charge is 0.264 e. The van der Waals surface area contributed by atoms with E-state index in [2.05, 4.69) is 10.5 Å². The van der Waals surface area contributed by atoms with Gasteiger partial charge in [0.2, 0.25) is 0 Å². The van der Waals surface area contributed by atoms with Gasteiger partial charge in [-0.2, -0.15) is 5.10 Å². The topological polar surface area (TPSA) is 78.8 Å². The van der Waals surface area contributed by atoms with Crippen molar-refractivity contribution in [1.29, 1.82) is 0 Å². The van der Waals surface area contributed by atoms with E-state index >= 15 is 0 Å². The number of nitrogens with zero attached hydrogens (tertiary/aromatic N) is 2. The van der Waals surface area contributed by atoms with Gasteiger partial charge in [0, 0.05) is 5.56 Å². The Morgan fingerprint density at radius 3 is 2.23 bits per heavy atom. The maximum Gasteiger partial charge on any atom is 0.264 e. The molecule has 0 aliphatic heterocycles. The number of halogens is 2. The Morgan fingerprint density at radius 2 is 1.58 bits per heavy atom. The highest BCUT2D eigenvalue weighted by atomic mass is 32.2. The van der Waals surface area contributed by atoms with Crippen LogP contribution in [0, 0.1) is 18.6 Å². The SMILES string of the molecule is Cc1ccc(S(=O)(=O)N(CC(=O)N/N=C\c2ccccc2F)c2ccccc2F)cc1. The molecule has 0 unspecified atom stereocenters. The molecule has 0 atom stereocenters. The van der Waals surface area contributed by atoms with Gasteiger partial charge in [-0.1, -0.05) is 48.0 Å². The van der Waals surface area contributed by atoms with Crippen molar-refractivity contribution >= 4 is 27.8 Å². The summed E-state index contributed by atoms with van der Waals surface area (Å²) in [4.78, 5) is 12.3. The second-order valence-corrected chi connectivity index (χ2v) is 8.45. The quantitative estimate of drug-likeness (QED) is 0.448. The van der Waals surface area contributed by atoms with E-state index in [0.29, 0.717) is 4.31 Å². The minimum Gasteiger partial charge on any atom is -0.271 e. The Morgan fingerprint density at radius 1 is 0.968 bits per heavy atom. The van der Waals surface area contributed by atoms with Gasteiger partial charge in [0.05, 0.1) is 16.8 Å². The van der Waals surface area contributed by atoms with Crippen LogP contribution in [0.1, 0.15) is 11.1 Å². The maximum absolute atomic E-state index is 14.4. The summed E-state index contributed by atoms with van der Waals surface area (Å²) in [7, 11) is -4.25. The van der Waals surface area contributed by atoms with Gasteiger partial charge in [0.25, 0.3) is 15.9 Å². The van der Waals surface area contributed by atoms with Crippen molar-refractivity contribution < 1.29 is 22.0 Å². The summed E-state index contributed by atoms with van der Waals surface area (Å²) in [5.41, 5.74) is 2.85. The Balaban J connectivity index is 1.87. The second kappa shape index (κ2) is 9.48. The minimum atomic E-state index is -4.25. The molecule has 0 fully saturated rings. The van der Waals surface area contributed by atoms with Gasteiger partial charge in [-0.3, -0.25) is 9.10 Å². The van der Waals surface area contributed by atoms with Crippen LogP contribution >= 0.6 is 0 Å². The molecule has 1 N–H and O–H groups in total. The molecule has 0 saturated carbocycles. The second-order valence-electron chi connectivity index (χ2n) is 6.59. The lowest BCUT2D eigenvalue weighted by Gasteiger charge is -2.24. The Kier molecular flexibility index (Phi) is 6.76. The number of rotatable bonds is 7. The summed E-state index contributed by atoms with van der Waals surface area (Å²) in [6.07, 6.45) is 1.09. The molecule has 9 heteroatoms. The normalized spacial score (nSPS) is 11.5. The van der Waals surface area contributed by atoms with Crippen LogP contribution in [0.2, 0.25) is 0 Å². The van der Waals surface area contributed by atoms with E-state index in [1.54, 1.807) is 25.1 Å². The van der Waals surface area contributed by atoms with Gasteiger partial charge in [-0.25, -0.2) is 22.6 Å². The predicted molar refractivity (Wildman–Crippen MR) is 114 cm³/mol. The maximum atomic E-state index is 14.4. The Labute approximate surface area is 178 Å². The van der Waals surface area contributed by atoms with Crippen LogP contribution in [-0.4, -0.2) is 27.1 Å². The lowest BCUT2D eigenvalue weighted by atomic mass is 10.2. The van der Waals surface area contributed by atoms with Gasteiger partial charge >= 0.3 is 0 Å². The number of benzene rings is 3. The molecular weight excluding hydrogens is 424 g/mol. The molecular formula is C22H19F2N3O3S. The summed E-state index contributed by atoms with van der Waals surface area (Å²) >= 11 is 0. The highest BCUT2D eigenvalue weighted by Gasteiger charge is 2.29. The van der Waals surface area contributed by atoms with Crippen molar-refractivity contribution in [2.75, 3.05) is 10.8 Å². The first-order valence-electron chi connectivity index (χ1n) is 9.19. The fourth-order valence-corrected chi connectivity index (χ4v) is 4.14. The number of hydrazone groups is 1. The van der Waals surface area contributed by atoms with E-state index < -0.39 is 34.1 Å². The number of aryl methyl sites for hydroxylation is 1. The van der Waals surface area contributed by atoms with Gasteiger partial charge in [-0.15, -0.1) is 0 Å². The molecule has 0 radical (unpaired) electrons. The third-order valence-electron chi connectivity index (χ3n) is 4.32. The number of anilines is 1. The van der Waals surface area contributed by atoms with Crippen molar-refractivity contribution in [3.63, 3.8) is 0 Å². The zero-order valence-corrected chi connectivity index (χ0v) is 17.3. The minimum absolute atomic E-state index is 0.0935. The number of sulfonamides is 1. The molecule has 1 amide bonds. The van der Waals surface area contributed by atoms with Gasteiger partial charge in [0.15, 0.2) is 0 Å². The molecule has 31 heavy (non-hydrogen) atoms. The molecule has 0 aliphatic rings. The zero-order valence-electron chi connectivity index (χ0n) is 16.5. The lowest BCUT2D eigenvalue weighted by Crippen LogP contribution is -2.40. The van der Waals surface area contributed by atoms with E-state index in [4.69, 9.17) is 0 Å². The number of carbonyl (C=O) groups is 1. The zero-order chi connectivity index (χ0) is 22.4. The van der Waals surface area contributed by atoms with E-state index in [1.165, 1.54) is 48.5 Å². The van der Waals surface area contributed by atoms with Gasteiger partial charge in [-0.05, 0) is 37.3 Å². The third-order valence-corrected chi connectivity index (χ3v) is 6.09. The average Bonchev–Trinajstić information content (AvgIpc) is 2.74. The van der Waals surface area contributed by atoms with Crippen molar-refractivity contribution in [2.45, 2.75) is 11.8 Å². The van der Waals surface area contributed by atoms with Gasteiger partial charge in [0.1, 0.15) is 18.2 Å². The van der Waals surface area contributed by atoms with E-state index in [1.807, 2.05) is 0 Å². The summed E-state index contributed by atoms with van der Waals surface area (Å²) in [5.74, 6) is -2.16. The average molecular weight is 443 g/mol. The fraction of sp³-hybridized carbons (Fsp3) is 0.0909. The Hall–Kier alpha value is -3.59. The van der Waals surface area contributed by atoms with E-state index in [-0.39, 0.29) is 16.1 Å². The molecule has 3 aromatic rings. The van der Waals surface area contributed by atoms with E-state index in [9.17, 15) is 22.0 Å². The summed E-state index contributed by atoms with van der Waals surface area (Å²) in [6, 6.07) is 17.0. The molecule has 160 valence electrons. The molecule has 3 aromatic carbocycles. The molecule has 0 saturated heterocycles. The van der Waals surface area contributed by atoms with Crippen molar-refractivity contribution in [3.05, 3.63) is 95.6 Å². The number of para-hydroxylation sites is 1. The van der Waals surface area contributed by atoms with Crippen molar-refractivity contribution in [1.82, 2.24) is 5.43 Å². The monoisotopic (exact) mass is 443 g/mol. The van der Waals surface area contributed by atoms with Crippen LogP contribution in [0.15, 0.2) is 82.8 Å². The highest BCUT2D eigenvalue weighted by molar-refractivity contribution is 7.92. The molecule has 0 heterocycles. The third kappa shape index (κ3) is 5.32. The lowest BCUT2D eigenvalue weighted by molar-refractivity contribution is -0.119. The van der Waals surface area contributed by atoms with Crippen LogP contribution in [0.4, 0.5) is 14.5 Å². The van der Waals surface area contributed by atoms with Crippen LogP contribution in [-0.2, 0) is 14.8 Å². The number of hydrogen-bond acceptors (Lipinski definition) is 4. The summed E-state index contributed by atoms with van der Waals surface area (Å²) < 4.78 is 55.0. The van der Waals surface area contributed by atoms with Crippen molar-refractivity contribution in [2.24, 2.45) is 5.10 Å². The largest absolute Gasteiger partial charge is 0.271 e. The van der Waals surface area contributed by atoms with Gasteiger partial charge < -0.3 is 0 Å². The van der Waals surface area contributed by atoms with E-state index in [0.717, 1.165) is 17.8 Å². The standard InChI is InChI=1S/C22H19F2N3O3S/c1-16-10-12-18(13-11-16)31(29,30)27(21-9-5-4-8-20(21)24)15-22(28)26-25-14-17-6-2-3-7-19(17)23/h2-14H,15H2,1H3,(H,26,28)/b25-14-. The molecule has 0 aliphatic carbocycles. The van der Waals surface area contributed by atoms with Crippen LogP contribution < -0.4 is 9.73 Å². The van der Waals surface area contributed by atoms with Crippen LogP contribution in [0.3, 0.4) is 0 Å². The van der Waals surface area contributed by atoms with Crippen LogP contribution in [0.5, 0.6) is 0 Å². The first kappa shape index (κ1) is 22.1. The van der Waals surface area contributed by atoms with Crippen molar-refractivity contribution in [3.8, 4) is 0 Å². The van der Waals surface area contributed by atoms with Crippen LogP contribution in [0.25, 0.3) is 0 Å². The predicted octanol–water partition coefficient (Wildman–Crippen LogP) is 3.62. The summed E-state index contributed by atoms with van der Waals surface area (Å²) in [5, 5.41) is 3.66. The molecule has 0 spiro atoms. The number of nitrogens with one attached hydrogen (secondary N) is 1. The number of hydrogen-bond donors (Lipinski definition) is 1. The molecule has 0 aromatic heterocycles.